The third-order valence-corrected chi connectivity index (χ3v) is 3.21. The average Bonchev–Trinajstić information content (AvgIpc) is 2.90. The first-order chi connectivity index (χ1) is 9.74. The van der Waals surface area contributed by atoms with Gasteiger partial charge in [-0.25, -0.2) is 0 Å². The second kappa shape index (κ2) is 7.55. The first-order valence-corrected chi connectivity index (χ1v) is 6.87. The van der Waals surface area contributed by atoms with E-state index in [1.165, 1.54) is 5.56 Å². The third kappa shape index (κ3) is 4.93. The predicted octanol–water partition coefficient (Wildman–Crippen LogP) is 1.30. The minimum Gasteiger partial charge on any atom is -0.481 e. The van der Waals surface area contributed by atoms with E-state index >= 15 is 0 Å². The SMILES string of the molecule is O=C(O)CCN1C=CN(CCNCc2ccccc2)C1. The molecule has 1 aromatic rings. The fourth-order valence-corrected chi connectivity index (χ4v) is 2.10. The lowest BCUT2D eigenvalue weighted by Gasteiger charge is -2.20. The second-order valence-electron chi connectivity index (χ2n) is 4.87. The lowest BCUT2D eigenvalue weighted by Crippen LogP contribution is -2.32. The molecule has 2 N–H and O–H groups in total. The molecule has 1 aliphatic rings. The van der Waals surface area contributed by atoms with E-state index in [0.29, 0.717) is 6.54 Å². The summed E-state index contributed by atoms with van der Waals surface area (Å²) >= 11 is 0. The van der Waals surface area contributed by atoms with Crippen LogP contribution in [0.1, 0.15) is 12.0 Å². The number of rotatable bonds is 8. The van der Waals surface area contributed by atoms with Gasteiger partial charge in [0.25, 0.3) is 0 Å². The van der Waals surface area contributed by atoms with Crippen molar-refractivity contribution in [3.05, 3.63) is 48.3 Å². The van der Waals surface area contributed by atoms with Gasteiger partial charge in [-0.2, -0.15) is 0 Å². The molecule has 0 aliphatic carbocycles. The van der Waals surface area contributed by atoms with E-state index < -0.39 is 5.97 Å². The zero-order chi connectivity index (χ0) is 14.2. The van der Waals surface area contributed by atoms with Crippen LogP contribution in [0, 0.1) is 0 Å². The summed E-state index contributed by atoms with van der Waals surface area (Å²) in [6.07, 6.45) is 4.16. The van der Waals surface area contributed by atoms with Crippen LogP contribution >= 0.6 is 0 Å². The molecule has 108 valence electrons. The molecule has 0 aromatic heterocycles. The van der Waals surface area contributed by atoms with Crippen molar-refractivity contribution in [1.29, 1.82) is 0 Å². The van der Waals surface area contributed by atoms with Crippen LogP contribution in [0.15, 0.2) is 42.7 Å². The number of carboxylic acid groups (broad SMARTS) is 1. The lowest BCUT2D eigenvalue weighted by molar-refractivity contribution is -0.137. The van der Waals surface area contributed by atoms with Crippen molar-refractivity contribution >= 4 is 5.97 Å². The summed E-state index contributed by atoms with van der Waals surface area (Å²) in [6.45, 7) is 4.06. The molecule has 0 saturated carbocycles. The molecule has 5 nitrogen and oxygen atoms in total. The van der Waals surface area contributed by atoms with Crippen molar-refractivity contribution in [2.45, 2.75) is 13.0 Å². The first kappa shape index (κ1) is 14.4. The summed E-state index contributed by atoms with van der Waals surface area (Å²) in [5.74, 6) is -0.749. The zero-order valence-corrected chi connectivity index (χ0v) is 11.5. The minimum absolute atomic E-state index is 0.185. The topological polar surface area (TPSA) is 55.8 Å². The van der Waals surface area contributed by atoms with Crippen molar-refractivity contribution in [1.82, 2.24) is 15.1 Å². The van der Waals surface area contributed by atoms with Gasteiger partial charge in [0.1, 0.15) is 0 Å². The van der Waals surface area contributed by atoms with E-state index in [1.54, 1.807) is 0 Å². The molecule has 0 amide bonds. The number of carboxylic acids is 1. The van der Waals surface area contributed by atoms with Crippen molar-refractivity contribution < 1.29 is 9.90 Å². The van der Waals surface area contributed by atoms with Crippen LogP contribution in [0.2, 0.25) is 0 Å². The van der Waals surface area contributed by atoms with E-state index in [9.17, 15) is 4.79 Å². The van der Waals surface area contributed by atoms with Crippen LogP contribution in [-0.2, 0) is 11.3 Å². The van der Waals surface area contributed by atoms with Crippen LogP contribution in [0.25, 0.3) is 0 Å². The Kier molecular flexibility index (Phi) is 5.43. The van der Waals surface area contributed by atoms with Gasteiger partial charge in [0, 0.05) is 38.6 Å². The minimum atomic E-state index is -0.749. The summed E-state index contributed by atoms with van der Waals surface area (Å²) in [7, 11) is 0. The normalized spacial score (nSPS) is 14.0. The van der Waals surface area contributed by atoms with Gasteiger partial charge in [0.2, 0.25) is 0 Å². The number of hydrogen-bond donors (Lipinski definition) is 2. The lowest BCUT2D eigenvalue weighted by atomic mass is 10.2. The highest BCUT2D eigenvalue weighted by molar-refractivity contribution is 5.66. The molecule has 0 spiro atoms. The van der Waals surface area contributed by atoms with Gasteiger partial charge in [-0.05, 0) is 5.56 Å². The molecule has 1 heterocycles. The highest BCUT2D eigenvalue weighted by Gasteiger charge is 2.12. The van der Waals surface area contributed by atoms with Crippen LogP contribution in [-0.4, -0.2) is 47.2 Å². The molecule has 0 fully saturated rings. The molecule has 0 radical (unpaired) electrons. The average molecular weight is 275 g/mol. The molecule has 2 rings (SSSR count). The fourth-order valence-electron chi connectivity index (χ4n) is 2.10. The summed E-state index contributed by atoms with van der Waals surface area (Å²) in [5.41, 5.74) is 1.28. The highest BCUT2D eigenvalue weighted by atomic mass is 16.4. The first-order valence-electron chi connectivity index (χ1n) is 6.87. The van der Waals surface area contributed by atoms with Crippen LogP contribution < -0.4 is 5.32 Å². The van der Waals surface area contributed by atoms with Crippen molar-refractivity contribution in [3.8, 4) is 0 Å². The van der Waals surface area contributed by atoms with Crippen LogP contribution in [0.3, 0.4) is 0 Å². The molecule has 0 atom stereocenters. The van der Waals surface area contributed by atoms with Gasteiger partial charge in [-0.3, -0.25) is 4.79 Å². The molecular weight excluding hydrogens is 254 g/mol. The zero-order valence-electron chi connectivity index (χ0n) is 11.5. The Balaban J connectivity index is 1.57. The van der Waals surface area contributed by atoms with E-state index in [4.69, 9.17) is 5.11 Å². The van der Waals surface area contributed by atoms with Crippen molar-refractivity contribution in [2.24, 2.45) is 0 Å². The summed E-state index contributed by atoms with van der Waals surface area (Å²) in [5, 5.41) is 12.1. The van der Waals surface area contributed by atoms with Crippen molar-refractivity contribution in [2.75, 3.05) is 26.3 Å². The van der Waals surface area contributed by atoms with E-state index in [2.05, 4.69) is 22.3 Å². The number of benzene rings is 1. The Morgan fingerprint density at radius 3 is 2.55 bits per heavy atom. The molecule has 1 aliphatic heterocycles. The Labute approximate surface area is 119 Å². The van der Waals surface area contributed by atoms with Gasteiger partial charge >= 0.3 is 5.97 Å². The smallest absolute Gasteiger partial charge is 0.305 e. The molecular formula is C15H21N3O2. The van der Waals surface area contributed by atoms with E-state index in [1.807, 2.05) is 35.5 Å². The Hall–Kier alpha value is -2.01. The van der Waals surface area contributed by atoms with Gasteiger partial charge in [-0.1, -0.05) is 30.3 Å². The maximum absolute atomic E-state index is 10.5. The third-order valence-electron chi connectivity index (χ3n) is 3.21. The molecule has 5 heteroatoms. The van der Waals surface area contributed by atoms with E-state index in [0.717, 1.165) is 26.3 Å². The van der Waals surface area contributed by atoms with Gasteiger partial charge in [0.05, 0.1) is 13.1 Å². The molecule has 0 saturated heterocycles. The number of hydrogen-bond acceptors (Lipinski definition) is 4. The van der Waals surface area contributed by atoms with E-state index in [-0.39, 0.29) is 6.42 Å². The molecule has 20 heavy (non-hydrogen) atoms. The Morgan fingerprint density at radius 1 is 1.15 bits per heavy atom. The highest BCUT2D eigenvalue weighted by Crippen LogP contribution is 2.06. The molecule has 0 unspecified atom stereocenters. The summed E-state index contributed by atoms with van der Waals surface area (Å²) < 4.78 is 0. The molecule has 0 bridgehead atoms. The second-order valence-corrected chi connectivity index (χ2v) is 4.87. The Bertz CT molecular complexity index is 448. The largest absolute Gasteiger partial charge is 0.481 e. The maximum Gasteiger partial charge on any atom is 0.305 e. The van der Waals surface area contributed by atoms with Gasteiger partial charge in [-0.15, -0.1) is 0 Å². The molecule has 1 aromatic carbocycles. The summed E-state index contributed by atoms with van der Waals surface area (Å²) in [6, 6.07) is 10.3. The maximum atomic E-state index is 10.5. The predicted molar refractivity (Wildman–Crippen MR) is 77.8 cm³/mol. The number of aliphatic carboxylic acids is 1. The Morgan fingerprint density at radius 2 is 1.85 bits per heavy atom. The standard InChI is InChI=1S/C15H21N3O2/c19-15(20)6-8-17-10-11-18(13-17)9-7-16-12-14-4-2-1-3-5-14/h1-5,10-11,16H,6-9,12-13H2,(H,19,20). The monoisotopic (exact) mass is 275 g/mol. The quantitative estimate of drug-likeness (QED) is 0.700. The number of nitrogens with one attached hydrogen (secondary N) is 1. The van der Waals surface area contributed by atoms with Crippen molar-refractivity contribution in [3.63, 3.8) is 0 Å². The van der Waals surface area contributed by atoms with Gasteiger partial charge in [0.15, 0.2) is 0 Å². The number of nitrogens with zero attached hydrogens (tertiary/aromatic N) is 2. The van der Waals surface area contributed by atoms with Crippen LogP contribution in [0.4, 0.5) is 0 Å². The summed E-state index contributed by atoms with van der Waals surface area (Å²) in [4.78, 5) is 14.7. The van der Waals surface area contributed by atoms with Gasteiger partial charge < -0.3 is 20.2 Å². The number of carbonyl (C=O) groups is 1. The van der Waals surface area contributed by atoms with Crippen LogP contribution in [0.5, 0.6) is 0 Å². The fraction of sp³-hybridized carbons (Fsp3) is 0.400.